The van der Waals surface area contributed by atoms with E-state index in [2.05, 4.69) is 15.6 Å². The highest BCUT2D eigenvalue weighted by Gasteiger charge is 2.23. The Morgan fingerprint density at radius 1 is 1.40 bits per heavy atom. The number of rotatable bonds is 1. The minimum absolute atomic E-state index is 0.0154. The van der Waals surface area contributed by atoms with Gasteiger partial charge in [0.05, 0.1) is 6.54 Å². The number of aromatic amines is 1. The summed E-state index contributed by atoms with van der Waals surface area (Å²) in [7, 11) is 0. The second-order valence-corrected chi connectivity index (χ2v) is 2.85. The van der Waals surface area contributed by atoms with Crippen molar-refractivity contribution in [2.45, 2.75) is 0 Å². The number of carboxylic acid groups (broad SMARTS) is 1. The molecule has 1 amide bonds. The Labute approximate surface area is 82.3 Å². The number of hydrogen-bond donors (Lipinski definition) is 4. The molecule has 1 aromatic rings. The first kappa shape index (κ1) is 9.19. The Bertz CT molecular complexity index is 506. The molecule has 1 aliphatic rings. The van der Waals surface area contributed by atoms with Gasteiger partial charge in [-0.2, -0.15) is 4.98 Å². The number of hydrogen-bond acceptors (Lipinski definition) is 5. The highest BCUT2D eigenvalue weighted by atomic mass is 16.4. The quantitative estimate of drug-likeness (QED) is 0.463. The SMILES string of the molecule is O=C1CNc2nc(=O)[nH]c(C(=O)O)c2N1. The number of carboxylic acids is 1. The summed E-state index contributed by atoms with van der Waals surface area (Å²) in [6.45, 7) is -0.0392. The first-order valence-electron chi connectivity index (χ1n) is 3.99. The van der Waals surface area contributed by atoms with Crippen molar-refractivity contribution in [1.82, 2.24) is 9.97 Å². The van der Waals surface area contributed by atoms with Gasteiger partial charge in [-0.15, -0.1) is 0 Å². The predicted molar refractivity (Wildman–Crippen MR) is 48.9 cm³/mol. The second-order valence-electron chi connectivity index (χ2n) is 2.85. The lowest BCUT2D eigenvalue weighted by Crippen LogP contribution is -2.32. The molecule has 1 aromatic heterocycles. The highest BCUT2D eigenvalue weighted by Crippen LogP contribution is 2.23. The van der Waals surface area contributed by atoms with Gasteiger partial charge in [-0.25, -0.2) is 9.59 Å². The van der Waals surface area contributed by atoms with Crippen LogP contribution in [0.4, 0.5) is 11.5 Å². The first-order valence-corrected chi connectivity index (χ1v) is 3.99. The Hall–Kier alpha value is -2.38. The lowest BCUT2D eigenvalue weighted by Gasteiger charge is -2.17. The van der Waals surface area contributed by atoms with Crippen LogP contribution in [0.25, 0.3) is 0 Å². The number of fused-ring (bicyclic) bond motifs is 1. The fourth-order valence-electron chi connectivity index (χ4n) is 1.23. The van der Waals surface area contributed by atoms with E-state index in [1.54, 1.807) is 0 Å². The molecule has 0 aliphatic carbocycles. The van der Waals surface area contributed by atoms with Gasteiger partial charge in [-0.1, -0.05) is 0 Å². The van der Waals surface area contributed by atoms with Crippen LogP contribution in [0.2, 0.25) is 0 Å². The van der Waals surface area contributed by atoms with Gasteiger partial charge in [0.1, 0.15) is 5.69 Å². The number of anilines is 2. The molecule has 0 fully saturated rings. The number of aromatic carboxylic acids is 1. The minimum atomic E-state index is -1.34. The van der Waals surface area contributed by atoms with Gasteiger partial charge in [-0.05, 0) is 0 Å². The van der Waals surface area contributed by atoms with E-state index in [4.69, 9.17) is 5.11 Å². The zero-order valence-electron chi connectivity index (χ0n) is 7.33. The molecule has 0 saturated heterocycles. The molecule has 78 valence electrons. The van der Waals surface area contributed by atoms with Crippen molar-refractivity contribution in [2.75, 3.05) is 17.2 Å². The summed E-state index contributed by atoms with van der Waals surface area (Å²) < 4.78 is 0. The van der Waals surface area contributed by atoms with E-state index < -0.39 is 11.7 Å². The summed E-state index contributed by atoms with van der Waals surface area (Å²) in [5, 5.41) is 13.6. The fraction of sp³-hybridized carbons (Fsp3) is 0.143. The summed E-state index contributed by atoms with van der Waals surface area (Å²) in [6, 6.07) is 0. The van der Waals surface area contributed by atoms with E-state index in [0.717, 1.165) is 0 Å². The number of carbonyl (C=O) groups is 2. The molecule has 0 saturated carbocycles. The smallest absolute Gasteiger partial charge is 0.354 e. The number of nitrogens with one attached hydrogen (secondary N) is 3. The van der Waals surface area contributed by atoms with Gasteiger partial charge < -0.3 is 15.7 Å². The van der Waals surface area contributed by atoms with Crippen molar-refractivity contribution >= 4 is 23.4 Å². The molecule has 8 heteroatoms. The minimum Gasteiger partial charge on any atom is -0.477 e. The zero-order chi connectivity index (χ0) is 11.0. The largest absolute Gasteiger partial charge is 0.477 e. The fourth-order valence-corrected chi connectivity index (χ4v) is 1.23. The van der Waals surface area contributed by atoms with Gasteiger partial charge >= 0.3 is 11.7 Å². The zero-order valence-corrected chi connectivity index (χ0v) is 7.33. The van der Waals surface area contributed by atoms with Gasteiger partial charge in [-0.3, -0.25) is 9.78 Å². The van der Waals surface area contributed by atoms with Crippen LogP contribution in [0.15, 0.2) is 4.79 Å². The van der Waals surface area contributed by atoms with E-state index in [-0.39, 0.29) is 29.7 Å². The molecule has 0 aromatic carbocycles. The van der Waals surface area contributed by atoms with E-state index in [1.165, 1.54) is 0 Å². The molecule has 2 rings (SSSR count). The van der Waals surface area contributed by atoms with Crippen LogP contribution in [0, 0.1) is 0 Å². The van der Waals surface area contributed by atoms with Crippen molar-refractivity contribution in [3.05, 3.63) is 16.2 Å². The molecule has 0 radical (unpaired) electrons. The number of aromatic nitrogens is 2. The molecule has 0 spiro atoms. The highest BCUT2D eigenvalue weighted by molar-refractivity contribution is 6.05. The number of H-pyrrole nitrogens is 1. The molecular formula is C7H6N4O4. The lowest BCUT2D eigenvalue weighted by molar-refractivity contribution is -0.114. The molecule has 1 aliphatic heterocycles. The summed E-state index contributed by atoms with van der Waals surface area (Å²) in [4.78, 5) is 38.2. The summed E-state index contributed by atoms with van der Waals surface area (Å²) in [6.07, 6.45) is 0. The molecule has 2 heterocycles. The van der Waals surface area contributed by atoms with Crippen LogP contribution >= 0.6 is 0 Å². The Kier molecular flexibility index (Phi) is 1.89. The molecule has 15 heavy (non-hydrogen) atoms. The van der Waals surface area contributed by atoms with Gasteiger partial charge in [0.15, 0.2) is 11.5 Å². The van der Waals surface area contributed by atoms with Crippen LogP contribution in [-0.2, 0) is 4.79 Å². The van der Waals surface area contributed by atoms with Crippen LogP contribution < -0.4 is 16.3 Å². The predicted octanol–water partition coefficient (Wildman–Crippen LogP) is -1.17. The molecular weight excluding hydrogens is 204 g/mol. The van der Waals surface area contributed by atoms with Gasteiger partial charge in [0.2, 0.25) is 5.91 Å². The van der Waals surface area contributed by atoms with Crippen LogP contribution in [0.3, 0.4) is 0 Å². The maximum Gasteiger partial charge on any atom is 0.354 e. The third-order valence-corrected chi connectivity index (χ3v) is 1.83. The van der Waals surface area contributed by atoms with Gasteiger partial charge in [0, 0.05) is 0 Å². The van der Waals surface area contributed by atoms with Crippen molar-refractivity contribution in [3.8, 4) is 0 Å². The third-order valence-electron chi connectivity index (χ3n) is 1.83. The van der Waals surface area contributed by atoms with Crippen molar-refractivity contribution in [3.63, 3.8) is 0 Å². The number of nitrogens with zero attached hydrogens (tertiary/aromatic N) is 1. The second kappa shape index (κ2) is 3.08. The van der Waals surface area contributed by atoms with Crippen LogP contribution in [0.1, 0.15) is 10.5 Å². The van der Waals surface area contributed by atoms with Crippen LogP contribution in [0.5, 0.6) is 0 Å². The Morgan fingerprint density at radius 2 is 2.13 bits per heavy atom. The van der Waals surface area contributed by atoms with Crippen molar-refractivity contribution < 1.29 is 14.7 Å². The average molecular weight is 210 g/mol. The monoisotopic (exact) mass is 210 g/mol. The maximum absolute atomic E-state index is 11.0. The van der Waals surface area contributed by atoms with E-state index in [0.29, 0.717) is 0 Å². The van der Waals surface area contributed by atoms with Gasteiger partial charge in [0.25, 0.3) is 0 Å². The molecule has 8 nitrogen and oxygen atoms in total. The number of carbonyl (C=O) groups excluding carboxylic acids is 1. The van der Waals surface area contributed by atoms with E-state index >= 15 is 0 Å². The lowest BCUT2D eigenvalue weighted by atomic mass is 10.2. The standard InChI is InChI=1S/C7H6N4O4/c12-2-1-8-5-3(9-2)4(6(13)14)10-7(15)11-5/h1H2,(H,9,12)(H,13,14)(H2,8,10,11,15). The molecule has 0 bridgehead atoms. The summed E-state index contributed by atoms with van der Waals surface area (Å²) in [5.74, 6) is -1.66. The van der Waals surface area contributed by atoms with E-state index in [9.17, 15) is 14.4 Å². The molecule has 0 unspecified atom stereocenters. The van der Waals surface area contributed by atoms with Crippen LogP contribution in [-0.4, -0.2) is 33.5 Å². The molecule has 4 N–H and O–H groups in total. The van der Waals surface area contributed by atoms with Crippen molar-refractivity contribution in [1.29, 1.82) is 0 Å². The van der Waals surface area contributed by atoms with E-state index in [1.807, 2.05) is 4.98 Å². The summed E-state index contributed by atoms with van der Waals surface area (Å²) >= 11 is 0. The van der Waals surface area contributed by atoms with Crippen molar-refractivity contribution in [2.24, 2.45) is 0 Å². The number of amides is 1. The Morgan fingerprint density at radius 3 is 2.80 bits per heavy atom. The maximum atomic E-state index is 11.0. The average Bonchev–Trinajstić information content (AvgIpc) is 2.17. The third kappa shape index (κ3) is 1.52. The Balaban J connectivity index is 2.65. The summed E-state index contributed by atoms with van der Waals surface area (Å²) in [5.41, 5.74) is -1.18. The topological polar surface area (TPSA) is 124 Å². The molecule has 0 atom stereocenters. The normalized spacial score (nSPS) is 13.7. The first-order chi connectivity index (χ1) is 7.08.